The molecule has 0 aromatic heterocycles. The predicted octanol–water partition coefficient (Wildman–Crippen LogP) is 6.91. The van der Waals surface area contributed by atoms with Crippen LogP contribution >= 0.6 is 0 Å². The van der Waals surface area contributed by atoms with Crippen molar-refractivity contribution < 1.29 is 66.6 Å². The molecule has 0 aliphatic carbocycles. The molecule has 2 aliphatic rings. The number of carbonyl (C=O) groups excluding carboxylic acids is 5. The largest absolute Gasteiger partial charge is 0.494 e. The predicted molar refractivity (Wildman–Crippen MR) is 224 cm³/mol. The lowest BCUT2D eigenvalue weighted by Gasteiger charge is -2.17. The Morgan fingerprint density at radius 1 is 0.532 bits per heavy atom. The molecule has 0 saturated carbocycles. The van der Waals surface area contributed by atoms with Crippen LogP contribution < -0.4 is 14.2 Å². The van der Waals surface area contributed by atoms with Crippen LogP contribution in [0.25, 0.3) is 17.2 Å². The molecule has 0 amide bonds. The summed E-state index contributed by atoms with van der Waals surface area (Å²) in [6.07, 6.45) is 4.54. The van der Waals surface area contributed by atoms with E-state index in [4.69, 9.17) is 42.6 Å². The molecule has 62 heavy (non-hydrogen) atoms. The summed E-state index contributed by atoms with van der Waals surface area (Å²) in [5.74, 6) is -1.21. The Morgan fingerprint density at radius 2 is 1.00 bits per heavy atom. The molecule has 322 valence electrons. The Bertz CT molecular complexity index is 2190. The minimum absolute atomic E-state index is 0.0638. The molecule has 0 spiro atoms. The lowest BCUT2D eigenvalue weighted by molar-refractivity contribution is -0.147. The molecule has 4 aromatic rings. The number of unbranched alkanes of at least 4 members (excludes halogenated alkanes) is 1. The lowest BCUT2D eigenvalue weighted by atomic mass is 10.0. The highest BCUT2D eigenvalue weighted by molar-refractivity contribution is 5.92. The third kappa shape index (κ3) is 13.0. The van der Waals surface area contributed by atoms with Crippen molar-refractivity contribution in [2.75, 3.05) is 39.6 Å². The van der Waals surface area contributed by atoms with Crippen LogP contribution in [0.2, 0.25) is 0 Å². The summed E-state index contributed by atoms with van der Waals surface area (Å²) in [5.41, 5.74) is 3.32. The van der Waals surface area contributed by atoms with E-state index in [-0.39, 0.29) is 31.1 Å². The maximum absolute atomic E-state index is 13.0. The molecule has 14 nitrogen and oxygen atoms in total. The zero-order valence-corrected chi connectivity index (χ0v) is 33.9. The van der Waals surface area contributed by atoms with Crippen LogP contribution in [0, 0.1) is 0 Å². The molecule has 4 atom stereocenters. The number of fused-ring (bicyclic) bond motifs is 1. The minimum Gasteiger partial charge on any atom is -0.494 e. The van der Waals surface area contributed by atoms with Gasteiger partial charge in [-0.05, 0) is 96.3 Å². The van der Waals surface area contributed by atoms with Crippen molar-refractivity contribution in [3.8, 4) is 28.4 Å². The zero-order chi connectivity index (χ0) is 43.7. The number of esters is 5. The molecule has 2 aliphatic heterocycles. The topological polar surface area (TPSA) is 168 Å². The van der Waals surface area contributed by atoms with E-state index in [1.54, 1.807) is 30.3 Å². The fraction of sp³-hybridized carbons (Fsp3) is 0.271. The Kier molecular flexibility index (Phi) is 16.2. The summed E-state index contributed by atoms with van der Waals surface area (Å²) in [5, 5.41) is 0. The van der Waals surface area contributed by atoms with Crippen molar-refractivity contribution in [3.63, 3.8) is 0 Å². The van der Waals surface area contributed by atoms with Crippen LogP contribution in [-0.4, -0.2) is 93.9 Å². The molecule has 6 rings (SSSR count). The van der Waals surface area contributed by atoms with Crippen LogP contribution in [0.1, 0.15) is 45.5 Å². The SMILES string of the molecule is C=CC(=O)OCCCCOc1ccc(-c2ccc(/C=C/C(=O)O[C@H]3CO[C@H]4[C@@H]3OC[C@H]4OC(=O)c3ccc(OC(=O)c4ccc(OCCCOC(=O)C=C)cc4)cc3)cc2)cc1. The van der Waals surface area contributed by atoms with Crippen molar-refractivity contribution in [1.82, 2.24) is 0 Å². The van der Waals surface area contributed by atoms with Crippen LogP contribution in [-0.2, 0) is 42.8 Å². The highest BCUT2D eigenvalue weighted by atomic mass is 16.7. The Balaban J connectivity index is 0.890. The average Bonchev–Trinajstić information content (AvgIpc) is 3.89. The highest BCUT2D eigenvalue weighted by Gasteiger charge is 2.51. The first-order chi connectivity index (χ1) is 30.2. The zero-order valence-electron chi connectivity index (χ0n) is 33.9. The summed E-state index contributed by atoms with van der Waals surface area (Å²) < 4.78 is 49.7. The van der Waals surface area contributed by atoms with Gasteiger partial charge in [0, 0.05) is 24.6 Å². The van der Waals surface area contributed by atoms with Crippen LogP contribution in [0.5, 0.6) is 17.2 Å². The summed E-state index contributed by atoms with van der Waals surface area (Å²) >= 11 is 0. The number of rotatable bonds is 21. The summed E-state index contributed by atoms with van der Waals surface area (Å²) in [6.45, 7) is 8.21. The molecule has 14 heteroatoms. The van der Waals surface area contributed by atoms with E-state index in [0.717, 1.165) is 41.0 Å². The number of carbonyl (C=O) groups is 5. The Morgan fingerprint density at radius 3 is 1.58 bits per heavy atom. The van der Waals surface area contributed by atoms with Gasteiger partial charge in [0.05, 0.1) is 50.8 Å². The lowest BCUT2D eigenvalue weighted by Crippen LogP contribution is -2.35. The van der Waals surface area contributed by atoms with Gasteiger partial charge < -0.3 is 42.6 Å². The number of hydrogen-bond donors (Lipinski definition) is 0. The van der Waals surface area contributed by atoms with Crippen molar-refractivity contribution in [2.45, 2.75) is 43.7 Å². The first-order valence-electron chi connectivity index (χ1n) is 20.0. The first kappa shape index (κ1) is 44.5. The summed E-state index contributed by atoms with van der Waals surface area (Å²) in [4.78, 5) is 60.7. The number of hydrogen-bond acceptors (Lipinski definition) is 14. The second kappa shape index (κ2) is 22.5. The van der Waals surface area contributed by atoms with Crippen LogP contribution in [0.3, 0.4) is 0 Å². The fourth-order valence-corrected chi connectivity index (χ4v) is 6.34. The Hall–Kier alpha value is -7.03. The van der Waals surface area contributed by atoms with E-state index >= 15 is 0 Å². The molecular weight excluding hydrogens is 801 g/mol. The molecule has 2 heterocycles. The van der Waals surface area contributed by atoms with Gasteiger partial charge in [0.25, 0.3) is 0 Å². The molecule has 0 bridgehead atoms. The maximum atomic E-state index is 13.0. The quantitative estimate of drug-likeness (QED) is 0.0279. The van der Waals surface area contributed by atoms with Gasteiger partial charge in [0.15, 0.2) is 12.2 Å². The smallest absolute Gasteiger partial charge is 0.343 e. The molecule has 0 N–H and O–H groups in total. The van der Waals surface area contributed by atoms with Crippen molar-refractivity contribution >= 4 is 35.9 Å². The third-order valence-electron chi connectivity index (χ3n) is 9.58. The number of ether oxygens (including phenoxy) is 9. The normalized spacial score (nSPS) is 17.6. The second-order valence-corrected chi connectivity index (χ2v) is 13.9. The minimum atomic E-state index is -0.722. The summed E-state index contributed by atoms with van der Waals surface area (Å²) in [7, 11) is 0. The van der Waals surface area contributed by atoms with E-state index < -0.39 is 54.3 Å². The van der Waals surface area contributed by atoms with E-state index in [9.17, 15) is 24.0 Å². The van der Waals surface area contributed by atoms with Gasteiger partial charge in [-0.15, -0.1) is 0 Å². The standard InChI is InChI=1S/C48H46O14/c1-3-42(49)56-27-6-5-26-54-37-19-13-34(14-20-37)33-11-8-32(9-12-33)10-25-44(51)61-40-30-58-46-41(31-59-45(40)46)62-48(53)36-17-23-39(24-18-36)60-47(52)35-15-21-38(22-16-35)55-28-7-29-57-43(50)4-2/h3-4,8-25,40-41,45-46H,1-2,5-7,26-31H2/b25-10+/t40-,41+,45+,46+/m0/s1. The van der Waals surface area contributed by atoms with Gasteiger partial charge in [0.1, 0.15) is 29.5 Å². The van der Waals surface area contributed by atoms with Gasteiger partial charge >= 0.3 is 29.8 Å². The van der Waals surface area contributed by atoms with Gasteiger partial charge in [-0.2, -0.15) is 0 Å². The fourth-order valence-electron chi connectivity index (χ4n) is 6.34. The molecular formula is C48H46O14. The number of benzene rings is 4. The van der Waals surface area contributed by atoms with Gasteiger partial charge in [-0.1, -0.05) is 49.6 Å². The highest BCUT2D eigenvalue weighted by Crippen LogP contribution is 2.31. The third-order valence-corrected chi connectivity index (χ3v) is 9.58. The average molecular weight is 847 g/mol. The first-order valence-corrected chi connectivity index (χ1v) is 20.0. The van der Waals surface area contributed by atoms with Gasteiger partial charge in [-0.25, -0.2) is 24.0 Å². The van der Waals surface area contributed by atoms with E-state index in [2.05, 4.69) is 13.2 Å². The molecule has 2 saturated heterocycles. The van der Waals surface area contributed by atoms with Gasteiger partial charge in [-0.3, -0.25) is 0 Å². The van der Waals surface area contributed by atoms with Crippen LogP contribution in [0.4, 0.5) is 0 Å². The van der Waals surface area contributed by atoms with Crippen molar-refractivity contribution in [2.24, 2.45) is 0 Å². The molecule has 4 aromatic carbocycles. The van der Waals surface area contributed by atoms with E-state index in [1.807, 2.05) is 48.5 Å². The van der Waals surface area contributed by atoms with E-state index in [1.165, 1.54) is 30.3 Å². The molecule has 2 fully saturated rings. The maximum Gasteiger partial charge on any atom is 0.343 e. The van der Waals surface area contributed by atoms with Gasteiger partial charge in [0.2, 0.25) is 0 Å². The summed E-state index contributed by atoms with van der Waals surface area (Å²) in [6, 6.07) is 27.7. The Labute approximate surface area is 358 Å². The van der Waals surface area contributed by atoms with Crippen molar-refractivity contribution in [1.29, 1.82) is 0 Å². The monoisotopic (exact) mass is 846 g/mol. The molecule has 0 radical (unpaired) electrons. The van der Waals surface area contributed by atoms with Crippen LogP contribution in [0.15, 0.2) is 128 Å². The van der Waals surface area contributed by atoms with E-state index in [0.29, 0.717) is 44.0 Å². The second-order valence-electron chi connectivity index (χ2n) is 13.9. The molecule has 0 unspecified atom stereocenters. The van der Waals surface area contributed by atoms with Crippen molar-refractivity contribution in [3.05, 3.63) is 145 Å².